The van der Waals surface area contributed by atoms with Crippen molar-refractivity contribution in [3.8, 4) is 0 Å². The molecule has 0 radical (unpaired) electrons. The molecule has 2 rings (SSSR count). The average molecular weight is 133 g/mol. The summed E-state index contributed by atoms with van der Waals surface area (Å²) in [6, 6.07) is 9.32. The Balaban J connectivity index is 2.32. The minimum Gasteiger partial charge on any atom is -0.307 e. The zero-order chi connectivity index (χ0) is 6.97. The van der Waals surface area contributed by atoms with Crippen molar-refractivity contribution < 1.29 is 0 Å². The highest BCUT2D eigenvalue weighted by Crippen LogP contribution is 2.21. The number of rotatable bonds is 1. The maximum absolute atomic E-state index is 3.28. The van der Waals surface area contributed by atoms with Crippen LogP contribution in [0.5, 0.6) is 0 Å². The van der Waals surface area contributed by atoms with Gasteiger partial charge in [0.25, 0.3) is 0 Å². The summed E-state index contributed by atoms with van der Waals surface area (Å²) in [5, 5.41) is 3.28. The third-order valence-corrected chi connectivity index (χ3v) is 1.85. The Kier molecular flexibility index (Phi) is 1.24. The summed E-state index contributed by atoms with van der Waals surface area (Å²) in [4.78, 5) is 0. The van der Waals surface area contributed by atoms with Gasteiger partial charge in [-0.05, 0) is 12.5 Å². The van der Waals surface area contributed by atoms with Gasteiger partial charge >= 0.3 is 0 Å². The molecule has 1 heterocycles. The van der Waals surface area contributed by atoms with E-state index >= 15 is 0 Å². The molecule has 1 heteroatoms. The van der Waals surface area contributed by atoms with Crippen molar-refractivity contribution in [3.63, 3.8) is 0 Å². The van der Waals surface area contributed by atoms with Crippen LogP contribution in [0.3, 0.4) is 0 Å². The molecule has 1 fully saturated rings. The number of benzene rings is 1. The third-order valence-electron chi connectivity index (χ3n) is 1.85. The van der Waals surface area contributed by atoms with Crippen LogP contribution >= 0.6 is 0 Å². The first-order chi connectivity index (χ1) is 4.86. The largest absolute Gasteiger partial charge is 0.307 e. The predicted octanol–water partition coefficient (Wildman–Crippen LogP) is 1.64. The lowest BCUT2D eigenvalue weighted by molar-refractivity contribution is 1.07. The molecule has 0 spiro atoms. The van der Waals surface area contributed by atoms with Gasteiger partial charge in [-0.1, -0.05) is 29.8 Å². The maximum atomic E-state index is 3.28. The summed E-state index contributed by atoms with van der Waals surface area (Å²) in [7, 11) is 0. The first kappa shape index (κ1) is 5.93. The number of hydrogen-bond acceptors (Lipinski definition) is 1. The van der Waals surface area contributed by atoms with E-state index in [4.69, 9.17) is 0 Å². The zero-order valence-electron chi connectivity index (χ0n) is 6.09. The van der Waals surface area contributed by atoms with Crippen LogP contribution in [0.1, 0.15) is 17.2 Å². The lowest BCUT2D eigenvalue weighted by atomic mass is 10.1. The molecular formula is C9H11N. The van der Waals surface area contributed by atoms with E-state index in [0.717, 1.165) is 6.54 Å². The summed E-state index contributed by atoms with van der Waals surface area (Å²) in [6.07, 6.45) is 0. The molecule has 1 aromatic carbocycles. The molecule has 1 saturated heterocycles. The molecule has 1 aliphatic rings. The Bertz CT molecular complexity index is 238. The fourth-order valence-corrected chi connectivity index (χ4v) is 1.18. The normalized spacial score (nSPS) is 22.7. The van der Waals surface area contributed by atoms with Gasteiger partial charge < -0.3 is 5.32 Å². The van der Waals surface area contributed by atoms with Crippen molar-refractivity contribution >= 4 is 0 Å². The van der Waals surface area contributed by atoms with Crippen LogP contribution in [-0.4, -0.2) is 6.54 Å². The fraction of sp³-hybridized carbons (Fsp3) is 0.333. The fourth-order valence-electron chi connectivity index (χ4n) is 1.18. The molecule has 0 aromatic heterocycles. The molecule has 1 atom stereocenters. The Labute approximate surface area is 61.1 Å². The Morgan fingerprint density at radius 3 is 2.90 bits per heavy atom. The summed E-state index contributed by atoms with van der Waals surface area (Å²) < 4.78 is 0. The quantitative estimate of drug-likeness (QED) is 0.578. The van der Waals surface area contributed by atoms with Crippen molar-refractivity contribution in [2.75, 3.05) is 6.54 Å². The van der Waals surface area contributed by atoms with Gasteiger partial charge in [0.1, 0.15) is 0 Å². The molecule has 1 nitrogen and oxygen atoms in total. The van der Waals surface area contributed by atoms with Crippen LogP contribution in [0.4, 0.5) is 0 Å². The van der Waals surface area contributed by atoms with E-state index in [2.05, 4.69) is 36.5 Å². The van der Waals surface area contributed by atoms with Crippen molar-refractivity contribution in [2.45, 2.75) is 13.0 Å². The molecule has 1 aromatic rings. The van der Waals surface area contributed by atoms with E-state index in [-0.39, 0.29) is 0 Å². The van der Waals surface area contributed by atoms with Gasteiger partial charge in [0.15, 0.2) is 0 Å². The van der Waals surface area contributed by atoms with Gasteiger partial charge in [0.05, 0.1) is 0 Å². The van der Waals surface area contributed by atoms with Gasteiger partial charge in [-0.3, -0.25) is 0 Å². The van der Waals surface area contributed by atoms with Gasteiger partial charge in [0, 0.05) is 12.6 Å². The molecule has 0 saturated carbocycles. The topological polar surface area (TPSA) is 21.9 Å². The van der Waals surface area contributed by atoms with Crippen molar-refractivity contribution in [2.24, 2.45) is 0 Å². The molecule has 10 heavy (non-hydrogen) atoms. The van der Waals surface area contributed by atoms with Crippen molar-refractivity contribution in [1.29, 1.82) is 0 Å². The molecule has 0 aliphatic carbocycles. The van der Waals surface area contributed by atoms with Crippen LogP contribution in [0.2, 0.25) is 0 Å². The highest BCUT2D eigenvalue weighted by molar-refractivity contribution is 5.27. The predicted molar refractivity (Wildman–Crippen MR) is 41.9 cm³/mol. The smallest absolute Gasteiger partial charge is 0.0447 e. The molecule has 52 valence electrons. The van der Waals surface area contributed by atoms with E-state index in [1.807, 2.05) is 0 Å². The summed E-state index contributed by atoms with van der Waals surface area (Å²) >= 11 is 0. The lowest BCUT2D eigenvalue weighted by Gasteiger charge is -1.96. The van der Waals surface area contributed by atoms with E-state index < -0.39 is 0 Å². The van der Waals surface area contributed by atoms with E-state index in [0.29, 0.717) is 6.04 Å². The number of hydrogen-bond donors (Lipinski definition) is 1. The number of nitrogens with one attached hydrogen (secondary N) is 1. The van der Waals surface area contributed by atoms with E-state index in [9.17, 15) is 0 Å². The second kappa shape index (κ2) is 2.10. The van der Waals surface area contributed by atoms with Crippen molar-refractivity contribution in [3.05, 3.63) is 35.4 Å². The monoisotopic (exact) mass is 133 g/mol. The van der Waals surface area contributed by atoms with Crippen LogP contribution < -0.4 is 5.32 Å². The van der Waals surface area contributed by atoms with Gasteiger partial charge in [-0.25, -0.2) is 0 Å². The molecule has 1 aliphatic heterocycles. The molecular weight excluding hydrogens is 122 g/mol. The summed E-state index contributed by atoms with van der Waals surface area (Å²) in [6.45, 7) is 3.29. The highest BCUT2D eigenvalue weighted by Gasteiger charge is 2.21. The van der Waals surface area contributed by atoms with Crippen LogP contribution in [0.25, 0.3) is 0 Å². The Morgan fingerprint density at radius 1 is 1.50 bits per heavy atom. The minimum atomic E-state index is 0.653. The van der Waals surface area contributed by atoms with Crippen LogP contribution in [0, 0.1) is 6.92 Å². The standard InChI is InChI=1S/C9H11N/c1-7-3-2-4-8(5-7)9-6-10-9/h2-5,9-10H,6H2,1H3/t9-/m1/s1. The van der Waals surface area contributed by atoms with Gasteiger partial charge in [-0.2, -0.15) is 0 Å². The highest BCUT2D eigenvalue weighted by atomic mass is 15.1. The summed E-state index contributed by atoms with van der Waals surface area (Å²) in [5.74, 6) is 0. The minimum absolute atomic E-state index is 0.653. The maximum Gasteiger partial charge on any atom is 0.0447 e. The Morgan fingerprint density at radius 2 is 2.30 bits per heavy atom. The molecule has 1 N–H and O–H groups in total. The molecule has 0 bridgehead atoms. The van der Waals surface area contributed by atoms with Gasteiger partial charge in [0.2, 0.25) is 0 Å². The second-order valence-corrected chi connectivity index (χ2v) is 2.87. The SMILES string of the molecule is Cc1cccc([C@H]2CN2)c1. The van der Waals surface area contributed by atoms with Crippen LogP contribution in [-0.2, 0) is 0 Å². The molecule has 0 amide bonds. The summed E-state index contributed by atoms with van der Waals surface area (Å²) in [5.41, 5.74) is 2.78. The van der Waals surface area contributed by atoms with E-state index in [1.54, 1.807) is 0 Å². The number of aryl methyl sites for hydroxylation is 1. The lowest BCUT2D eigenvalue weighted by Crippen LogP contribution is -1.83. The van der Waals surface area contributed by atoms with Crippen LogP contribution in [0.15, 0.2) is 24.3 Å². The third kappa shape index (κ3) is 1.05. The molecule has 0 unspecified atom stereocenters. The zero-order valence-corrected chi connectivity index (χ0v) is 6.09. The first-order valence-corrected chi connectivity index (χ1v) is 3.66. The van der Waals surface area contributed by atoms with Gasteiger partial charge in [-0.15, -0.1) is 0 Å². The van der Waals surface area contributed by atoms with E-state index in [1.165, 1.54) is 11.1 Å². The second-order valence-electron chi connectivity index (χ2n) is 2.87. The average Bonchev–Trinajstić information content (AvgIpc) is 2.68. The van der Waals surface area contributed by atoms with Crippen molar-refractivity contribution in [1.82, 2.24) is 5.32 Å². The first-order valence-electron chi connectivity index (χ1n) is 3.66. The Hall–Kier alpha value is -0.820.